The molecule has 2 amide bonds. The smallest absolute Gasteiger partial charge is 0.264 e. The molecule has 0 unspecified atom stereocenters. The van der Waals surface area contributed by atoms with Crippen LogP contribution >= 0.6 is 0 Å². The van der Waals surface area contributed by atoms with Crippen LogP contribution in [0.1, 0.15) is 26.3 Å². The van der Waals surface area contributed by atoms with E-state index in [0.717, 1.165) is 10.0 Å². The summed E-state index contributed by atoms with van der Waals surface area (Å²) in [6, 6.07) is 12.6. The Bertz CT molecular complexity index is 941. The number of hydrogen-bond donors (Lipinski definition) is 1. The first-order valence-electron chi connectivity index (χ1n) is 8.40. The molecule has 0 aliphatic carbocycles. The van der Waals surface area contributed by atoms with Crippen LogP contribution in [-0.2, 0) is 21.4 Å². The minimum absolute atomic E-state index is 0.0286. The van der Waals surface area contributed by atoms with E-state index in [-0.39, 0.29) is 16.7 Å². The third-order valence-electron chi connectivity index (χ3n) is 4.20. The van der Waals surface area contributed by atoms with Crippen LogP contribution in [0.4, 0.5) is 0 Å². The average molecular weight is 405 g/mol. The zero-order chi connectivity index (χ0) is 20.9. The summed E-state index contributed by atoms with van der Waals surface area (Å²) in [6.07, 6.45) is 0. The molecule has 0 atom stereocenters. The fourth-order valence-corrected chi connectivity index (χ4v) is 3.46. The van der Waals surface area contributed by atoms with Gasteiger partial charge >= 0.3 is 0 Å². The summed E-state index contributed by atoms with van der Waals surface area (Å²) in [6.45, 7) is 0.347. The van der Waals surface area contributed by atoms with Crippen LogP contribution in [0.5, 0.6) is 0 Å². The summed E-state index contributed by atoms with van der Waals surface area (Å²) in [5, 5.41) is 2.55. The van der Waals surface area contributed by atoms with Crippen molar-refractivity contribution in [3.05, 3.63) is 65.2 Å². The van der Waals surface area contributed by atoms with Gasteiger partial charge in [-0.15, -0.1) is 0 Å². The standard InChI is InChI=1S/C19H23N3O5S/c1-20-18(23)15-7-5-14(6-8-15)13-21(2)19(24)16-9-11-17(12-10-16)28(25,26)22(3)27-4/h5-12H,13H2,1-4H3,(H,20,23). The molecular formula is C19H23N3O5S. The van der Waals surface area contributed by atoms with E-state index in [4.69, 9.17) is 4.84 Å². The summed E-state index contributed by atoms with van der Waals surface area (Å²) in [4.78, 5) is 30.4. The van der Waals surface area contributed by atoms with Gasteiger partial charge in [-0.05, 0) is 42.0 Å². The number of hydrogen-bond acceptors (Lipinski definition) is 5. The molecule has 0 aliphatic heterocycles. The fraction of sp³-hybridized carbons (Fsp3) is 0.263. The van der Waals surface area contributed by atoms with E-state index in [9.17, 15) is 18.0 Å². The molecule has 0 aromatic heterocycles. The van der Waals surface area contributed by atoms with Crippen molar-refractivity contribution in [2.75, 3.05) is 28.3 Å². The van der Waals surface area contributed by atoms with Gasteiger partial charge in [0, 0.05) is 38.8 Å². The van der Waals surface area contributed by atoms with E-state index >= 15 is 0 Å². The molecule has 0 aliphatic rings. The molecule has 1 N–H and O–H groups in total. The highest BCUT2D eigenvalue weighted by Gasteiger charge is 2.21. The second-order valence-corrected chi connectivity index (χ2v) is 7.99. The van der Waals surface area contributed by atoms with Crippen LogP contribution in [0.3, 0.4) is 0 Å². The Kier molecular flexibility index (Phi) is 6.90. The van der Waals surface area contributed by atoms with Crippen molar-refractivity contribution in [1.29, 1.82) is 0 Å². The van der Waals surface area contributed by atoms with Gasteiger partial charge < -0.3 is 10.2 Å². The number of benzene rings is 2. The van der Waals surface area contributed by atoms with E-state index < -0.39 is 10.0 Å². The van der Waals surface area contributed by atoms with Gasteiger partial charge in [-0.2, -0.15) is 0 Å². The number of nitrogens with zero attached hydrogens (tertiary/aromatic N) is 2. The van der Waals surface area contributed by atoms with Crippen molar-refractivity contribution in [2.45, 2.75) is 11.4 Å². The minimum Gasteiger partial charge on any atom is -0.355 e. The molecule has 0 saturated carbocycles. The Morgan fingerprint density at radius 2 is 1.50 bits per heavy atom. The second kappa shape index (κ2) is 8.96. The second-order valence-electron chi connectivity index (χ2n) is 6.06. The lowest BCUT2D eigenvalue weighted by molar-refractivity contribution is -0.0258. The SMILES string of the molecule is CNC(=O)c1ccc(CN(C)C(=O)c2ccc(S(=O)(=O)N(C)OC)cc2)cc1. The van der Waals surface area contributed by atoms with Crippen molar-refractivity contribution in [3.8, 4) is 0 Å². The summed E-state index contributed by atoms with van der Waals surface area (Å²) in [5.41, 5.74) is 1.77. The van der Waals surface area contributed by atoms with Crippen LogP contribution in [0.2, 0.25) is 0 Å². The van der Waals surface area contributed by atoms with E-state index in [0.29, 0.717) is 17.7 Å². The number of carbonyl (C=O) groups is 2. The van der Waals surface area contributed by atoms with Crippen molar-refractivity contribution < 1.29 is 22.8 Å². The van der Waals surface area contributed by atoms with Crippen LogP contribution < -0.4 is 5.32 Å². The lowest BCUT2D eigenvalue weighted by atomic mass is 10.1. The monoisotopic (exact) mass is 405 g/mol. The van der Waals surface area contributed by atoms with Gasteiger partial charge in [0.25, 0.3) is 21.8 Å². The summed E-state index contributed by atoms with van der Waals surface area (Å²) in [7, 11) is 2.00. The van der Waals surface area contributed by atoms with Crippen LogP contribution in [0.25, 0.3) is 0 Å². The Morgan fingerprint density at radius 3 is 2.00 bits per heavy atom. The molecule has 0 saturated heterocycles. The van der Waals surface area contributed by atoms with Gasteiger partial charge in [0.15, 0.2) is 0 Å². The average Bonchev–Trinajstić information content (AvgIpc) is 2.72. The summed E-state index contributed by atoms with van der Waals surface area (Å²) in [5.74, 6) is -0.426. The Hall–Kier alpha value is -2.75. The molecule has 2 aromatic carbocycles. The van der Waals surface area contributed by atoms with Crippen molar-refractivity contribution >= 4 is 21.8 Å². The third-order valence-corrected chi connectivity index (χ3v) is 5.90. The van der Waals surface area contributed by atoms with Crippen LogP contribution in [0, 0.1) is 0 Å². The highest BCUT2D eigenvalue weighted by atomic mass is 32.2. The van der Waals surface area contributed by atoms with Gasteiger partial charge in [0.05, 0.1) is 12.0 Å². The number of rotatable bonds is 7. The van der Waals surface area contributed by atoms with Gasteiger partial charge in [0.1, 0.15) is 0 Å². The van der Waals surface area contributed by atoms with Gasteiger partial charge in [0.2, 0.25) is 0 Å². The number of carbonyl (C=O) groups excluding carboxylic acids is 2. The van der Waals surface area contributed by atoms with E-state index in [2.05, 4.69) is 5.32 Å². The number of nitrogens with one attached hydrogen (secondary N) is 1. The fourth-order valence-electron chi connectivity index (χ4n) is 2.49. The predicted octanol–water partition coefficient (Wildman–Crippen LogP) is 1.50. The molecular weight excluding hydrogens is 382 g/mol. The molecule has 0 bridgehead atoms. The molecule has 0 spiro atoms. The molecule has 0 heterocycles. The first-order valence-corrected chi connectivity index (χ1v) is 9.84. The Balaban J connectivity index is 2.10. The highest BCUT2D eigenvalue weighted by Crippen LogP contribution is 2.17. The lowest BCUT2D eigenvalue weighted by Gasteiger charge is -2.18. The topological polar surface area (TPSA) is 96.0 Å². The molecule has 2 aromatic rings. The molecule has 0 radical (unpaired) electrons. The summed E-state index contributed by atoms with van der Waals surface area (Å²) >= 11 is 0. The van der Waals surface area contributed by atoms with E-state index in [1.807, 2.05) is 0 Å². The normalized spacial score (nSPS) is 11.3. The molecule has 9 heteroatoms. The maximum absolute atomic E-state index is 12.6. The zero-order valence-electron chi connectivity index (χ0n) is 16.2. The van der Waals surface area contributed by atoms with Gasteiger partial charge in [-0.1, -0.05) is 16.6 Å². The minimum atomic E-state index is -3.76. The third kappa shape index (κ3) is 4.75. The maximum atomic E-state index is 12.6. The van der Waals surface area contributed by atoms with Crippen LogP contribution in [-0.4, -0.2) is 57.9 Å². The molecule has 28 heavy (non-hydrogen) atoms. The van der Waals surface area contributed by atoms with E-state index in [1.54, 1.807) is 38.4 Å². The van der Waals surface area contributed by atoms with Gasteiger partial charge in [-0.3, -0.25) is 14.4 Å². The van der Waals surface area contributed by atoms with Crippen molar-refractivity contribution in [1.82, 2.24) is 14.7 Å². The van der Waals surface area contributed by atoms with E-state index in [1.165, 1.54) is 43.3 Å². The van der Waals surface area contributed by atoms with Crippen molar-refractivity contribution in [3.63, 3.8) is 0 Å². The first-order chi connectivity index (χ1) is 13.2. The largest absolute Gasteiger partial charge is 0.355 e. The van der Waals surface area contributed by atoms with Crippen LogP contribution in [0.15, 0.2) is 53.4 Å². The Morgan fingerprint density at radius 1 is 0.964 bits per heavy atom. The Labute approximate surface area is 164 Å². The molecule has 8 nitrogen and oxygen atoms in total. The summed E-state index contributed by atoms with van der Waals surface area (Å²) < 4.78 is 25.1. The quantitative estimate of drug-likeness (QED) is 0.705. The van der Waals surface area contributed by atoms with Gasteiger partial charge in [-0.25, -0.2) is 8.42 Å². The maximum Gasteiger partial charge on any atom is 0.264 e. The highest BCUT2D eigenvalue weighted by molar-refractivity contribution is 7.89. The molecule has 150 valence electrons. The number of sulfonamides is 1. The van der Waals surface area contributed by atoms with Crippen molar-refractivity contribution in [2.24, 2.45) is 0 Å². The number of amides is 2. The lowest BCUT2D eigenvalue weighted by Crippen LogP contribution is -2.27. The predicted molar refractivity (Wildman–Crippen MR) is 104 cm³/mol. The first kappa shape index (κ1) is 21.5. The zero-order valence-corrected chi connectivity index (χ0v) is 17.0. The molecule has 0 fully saturated rings. The molecule has 2 rings (SSSR count). The number of hydroxylamine groups is 1.